The van der Waals surface area contributed by atoms with Gasteiger partial charge < -0.3 is 29.7 Å². The van der Waals surface area contributed by atoms with Crippen LogP contribution in [0.2, 0.25) is 0 Å². The molecule has 1 aromatic rings. The van der Waals surface area contributed by atoms with Crippen molar-refractivity contribution >= 4 is 5.84 Å². The summed E-state index contributed by atoms with van der Waals surface area (Å²) in [4.78, 5) is 5.95. The lowest BCUT2D eigenvalue weighted by atomic mass is 9.90. The first kappa shape index (κ1) is 20.8. The van der Waals surface area contributed by atoms with Gasteiger partial charge in [0.2, 0.25) is 0 Å². The molecule has 1 aromatic carbocycles. The third kappa shape index (κ3) is 4.24. The smallest absolute Gasteiger partial charge is 0.417 e. The minimum Gasteiger partial charge on any atom is -0.508 e. The monoisotopic (exact) mass is 404 g/mol. The van der Waals surface area contributed by atoms with Gasteiger partial charge in [-0.05, 0) is 17.7 Å². The van der Waals surface area contributed by atoms with E-state index in [9.17, 15) is 28.5 Å². The lowest BCUT2D eigenvalue weighted by molar-refractivity contribution is -0.293. The Kier molecular flexibility index (Phi) is 5.85. The van der Waals surface area contributed by atoms with Crippen molar-refractivity contribution < 1.29 is 38.0 Å². The fraction of sp³-hybridized carbons (Fsp3) is 0.611. The summed E-state index contributed by atoms with van der Waals surface area (Å²) < 4.78 is 51.5. The first-order valence-electron chi connectivity index (χ1n) is 8.79. The number of hydrogen-bond acceptors (Lipinski definition) is 7. The molecule has 10 heteroatoms. The quantitative estimate of drug-likeness (QED) is 0.695. The lowest BCUT2D eigenvalue weighted by Crippen LogP contribution is -2.62. The number of amidine groups is 1. The van der Waals surface area contributed by atoms with Gasteiger partial charge in [-0.3, -0.25) is 4.99 Å². The average molecular weight is 404 g/mol. The van der Waals surface area contributed by atoms with E-state index in [-0.39, 0.29) is 12.2 Å². The van der Waals surface area contributed by atoms with Gasteiger partial charge in [-0.15, -0.1) is 0 Å². The number of nitrogens with zero attached hydrogens (tertiary/aromatic N) is 2. The number of phenolic OH excluding ortho intramolecular Hbond substituents is 1. The molecule has 7 nitrogen and oxygen atoms in total. The molecule has 0 saturated carbocycles. The van der Waals surface area contributed by atoms with Crippen molar-refractivity contribution in [3.05, 3.63) is 29.8 Å². The molecule has 2 heterocycles. The van der Waals surface area contributed by atoms with Crippen molar-refractivity contribution in [2.75, 3.05) is 14.1 Å². The first-order valence-corrected chi connectivity index (χ1v) is 8.79. The van der Waals surface area contributed by atoms with Gasteiger partial charge in [0, 0.05) is 20.5 Å². The van der Waals surface area contributed by atoms with Crippen molar-refractivity contribution in [1.82, 2.24) is 4.90 Å². The Labute approximate surface area is 160 Å². The largest absolute Gasteiger partial charge is 0.508 e. The molecular formula is C18H23F3N2O5. The predicted molar refractivity (Wildman–Crippen MR) is 92.9 cm³/mol. The summed E-state index contributed by atoms with van der Waals surface area (Å²) in [5, 5.41) is 29.9. The lowest BCUT2D eigenvalue weighted by Gasteiger charge is -2.42. The standard InChI is InChI=1S/C18H23F3N2O5/c1-23(2)12-7-11-13(22-12)14(25)15(26)16(28-11)17(18(19,20)21)27-8-9-3-5-10(24)6-4-9/h3-6,11,13-17,24-26H,7-8H2,1-2H3/t11-,13+,14-,15+,16?,17-/m1/s1. The van der Waals surface area contributed by atoms with Gasteiger partial charge in [0.1, 0.15) is 35.9 Å². The minimum absolute atomic E-state index is 0.0192. The van der Waals surface area contributed by atoms with E-state index in [0.717, 1.165) is 0 Å². The maximum absolute atomic E-state index is 13.6. The van der Waals surface area contributed by atoms with Gasteiger partial charge in [0.15, 0.2) is 6.10 Å². The molecule has 1 fully saturated rings. The van der Waals surface area contributed by atoms with Crippen molar-refractivity contribution in [1.29, 1.82) is 0 Å². The number of fused-ring (bicyclic) bond motifs is 1. The number of halogens is 3. The van der Waals surface area contributed by atoms with E-state index in [4.69, 9.17) is 9.47 Å². The zero-order chi connectivity index (χ0) is 20.6. The molecule has 6 atom stereocenters. The number of ether oxygens (including phenoxy) is 2. The molecule has 0 amide bonds. The van der Waals surface area contributed by atoms with Gasteiger partial charge >= 0.3 is 6.18 Å². The van der Waals surface area contributed by atoms with Gasteiger partial charge in [-0.2, -0.15) is 13.2 Å². The Bertz CT molecular complexity index is 710. The van der Waals surface area contributed by atoms with Crippen LogP contribution in [0.1, 0.15) is 12.0 Å². The number of aliphatic hydroxyl groups excluding tert-OH is 2. The fourth-order valence-corrected chi connectivity index (χ4v) is 3.41. The van der Waals surface area contributed by atoms with E-state index in [1.807, 2.05) is 0 Å². The molecule has 28 heavy (non-hydrogen) atoms. The minimum atomic E-state index is -4.82. The molecule has 0 spiro atoms. The van der Waals surface area contributed by atoms with Crippen LogP contribution in [0.15, 0.2) is 29.3 Å². The molecule has 0 aromatic heterocycles. The van der Waals surface area contributed by atoms with E-state index < -0.39 is 49.3 Å². The van der Waals surface area contributed by atoms with Crippen LogP contribution in [0.4, 0.5) is 13.2 Å². The zero-order valence-corrected chi connectivity index (χ0v) is 15.4. The van der Waals surface area contributed by atoms with Crippen LogP contribution in [-0.4, -0.2) is 82.9 Å². The maximum Gasteiger partial charge on any atom is 0.417 e. The maximum atomic E-state index is 13.6. The van der Waals surface area contributed by atoms with Crippen LogP contribution in [0.25, 0.3) is 0 Å². The average Bonchev–Trinajstić information content (AvgIpc) is 3.04. The van der Waals surface area contributed by atoms with Crippen molar-refractivity contribution in [3.63, 3.8) is 0 Å². The van der Waals surface area contributed by atoms with Crippen molar-refractivity contribution in [3.8, 4) is 5.75 Å². The zero-order valence-electron chi connectivity index (χ0n) is 15.4. The van der Waals surface area contributed by atoms with Crippen LogP contribution in [0, 0.1) is 0 Å². The first-order chi connectivity index (χ1) is 13.1. The summed E-state index contributed by atoms with van der Waals surface area (Å²) in [5.74, 6) is 0.560. The van der Waals surface area contributed by atoms with Crippen LogP contribution < -0.4 is 0 Å². The van der Waals surface area contributed by atoms with Crippen molar-refractivity contribution in [2.24, 2.45) is 4.99 Å². The van der Waals surface area contributed by atoms with Gasteiger partial charge in [-0.25, -0.2) is 0 Å². The number of hydrogen-bond donors (Lipinski definition) is 3. The number of aliphatic imine (C=N–C) groups is 1. The van der Waals surface area contributed by atoms with Crippen LogP contribution in [-0.2, 0) is 16.1 Å². The highest BCUT2D eigenvalue weighted by Crippen LogP contribution is 2.37. The highest BCUT2D eigenvalue weighted by molar-refractivity contribution is 5.84. The molecule has 156 valence electrons. The summed E-state index contributed by atoms with van der Waals surface area (Å²) in [7, 11) is 3.46. The molecule has 3 rings (SSSR count). The molecule has 2 aliphatic heterocycles. The van der Waals surface area contributed by atoms with E-state index in [2.05, 4.69) is 4.99 Å². The van der Waals surface area contributed by atoms with Crippen molar-refractivity contribution in [2.45, 2.75) is 55.8 Å². The molecule has 0 aliphatic carbocycles. The van der Waals surface area contributed by atoms with Crippen LogP contribution in [0.3, 0.4) is 0 Å². The summed E-state index contributed by atoms with van der Waals surface area (Å²) in [5.41, 5.74) is 0.412. The summed E-state index contributed by atoms with van der Waals surface area (Å²) in [6.45, 7) is -0.402. The SMILES string of the molecule is CN(C)C1=N[C@@H]2[C@@H](O)[C@H](O)C([C@@H](OCc3ccc(O)cc3)C(F)(F)F)O[C@@H]2C1. The molecular weight excluding hydrogens is 381 g/mol. The Balaban J connectivity index is 1.76. The van der Waals surface area contributed by atoms with Gasteiger partial charge in [0.05, 0.1) is 12.7 Å². The van der Waals surface area contributed by atoms with Crippen LogP contribution >= 0.6 is 0 Å². The summed E-state index contributed by atoms with van der Waals surface area (Å²) in [6, 6.07) is 4.70. The number of alkyl halides is 3. The van der Waals surface area contributed by atoms with E-state index in [0.29, 0.717) is 11.4 Å². The summed E-state index contributed by atoms with van der Waals surface area (Å²) in [6.07, 6.45) is -12.9. The highest BCUT2D eigenvalue weighted by atomic mass is 19.4. The summed E-state index contributed by atoms with van der Waals surface area (Å²) >= 11 is 0. The number of aromatic hydroxyl groups is 1. The second kappa shape index (κ2) is 7.86. The Hall–Kier alpha value is -1.88. The van der Waals surface area contributed by atoms with Crippen LogP contribution in [0.5, 0.6) is 5.75 Å². The topological polar surface area (TPSA) is 94.8 Å². The number of benzene rings is 1. The predicted octanol–water partition coefficient (Wildman–Crippen LogP) is 1.06. The third-order valence-electron chi connectivity index (χ3n) is 4.93. The molecule has 2 aliphatic rings. The Morgan fingerprint density at radius 1 is 1.21 bits per heavy atom. The molecule has 0 bridgehead atoms. The Morgan fingerprint density at radius 2 is 1.86 bits per heavy atom. The highest BCUT2D eigenvalue weighted by Gasteiger charge is 2.56. The van der Waals surface area contributed by atoms with E-state index in [1.165, 1.54) is 24.3 Å². The number of aliphatic hydroxyl groups is 2. The third-order valence-corrected chi connectivity index (χ3v) is 4.93. The van der Waals surface area contributed by atoms with Gasteiger partial charge in [-0.1, -0.05) is 12.1 Å². The number of rotatable bonds is 4. The molecule has 1 unspecified atom stereocenters. The second-order valence-electron chi connectivity index (χ2n) is 7.19. The molecule has 1 saturated heterocycles. The van der Waals surface area contributed by atoms with E-state index >= 15 is 0 Å². The molecule has 3 N–H and O–H groups in total. The van der Waals surface area contributed by atoms with E-state index in [1.54, 1.807) is 19.0 Å². The second-order valence-corrected chi connectivity index (χ2v) is 7.19. The molecule has 0 radical (unpaired) electrons. The fourth-order valence-electron chi connectivity index (χ4n) is 3.41. The number of phenols is 1. The normalized spacial score (nSPS) is 31.2. The Morgan fingerprint density at radius 3 is 2.43 bits per heavy atom. The van der Waals surface area contributed by atoms with Gasteiger partial charge in [0.25, 0.3) is 0 Å².